The number of nitrogens with two attached hydrogens (primary N) is 1. The van der Waals surface area contributed by atoms with Gasteiger partial charge in [-0.25, -0.2) is 4.79 Å². The highest BCUT2D eigenvalue weighted by Crippen LogP contribution is 2.30. The maximum absolute atomic E-state index is 10.8. The van der Waals surface area contributed by atoms with E-state index >= 15 is 0 Å². The Labute approximate surface area is 97.7 Å². The van der Waals surface area contributed by atoms with Crippen LogP contribution in [0.25, 0.3) is 10.1 Å². The molecule has 14 heavy (non-hydrogen) atoms. The fourth-order valence-electron chi connectivity index (χ4n) is 1.23. The van der Waals surface area contributed by atoms with Crippen molar-refractivity contribution in [3.8, 4) is 0 Å². The van der Waals surface area contributed by atoms with E-state index in [0.717, 1.165) is 13.7 Å². The zero-order valence-corrected chi connectivity index (χ0v) is 9.93. The molecule has 0 aliphatic rings. The maximum atomic E-state index is 10.8. The van der Waals surface area contributed by atoms with Crippen LogP contribution in [-0.2, 0) is 0 Å². The van der Waals surface area contributed by atoms with E-state index in [-0.39, 0.29) is 0 Å². The Bertz CT molecular complexity index is 521. The van der Waals surface area contributed by atoms with Crippen LogP contribution in [0.2, 0.25) is 0 Å². The Morgan fingerprint density at radius 1 is 1.50 bits per heavy atom. The van der Waals surface area contributed by atoms with Crippen molar-refractivity contribution in [3.63, 3.8) is 0 Å². The zero-order chi connectivity index (χ0) is 10.3. The predicted molar refractivity (Wildman–Crippen MR) is 65.9 cm³/mol. The van der Waals surface area contributed by atoms with Crippen LogP contribution in [0.15, 0.2) is 17.5 Å². The molecule has 1 heterocycles. The van der Waals surface area contributed by atoms with Crippen molar-refractivity contribution in [1.29, 1.82) is 0 Å². The van der Waals surface area contributed by atoms with E-state index in [0.29, 0.717) is 11.3 Å². The lowest BCUT2D eigenvalue weighted by molar-refractivity contribution is 0.0699. The van der Waals surface area contributed by atoms with E-state index in [2.05, 4.69) is 22.6 Å². The van der Waals surface area contributed by atoms with Gasteiger partial charge in [0.1, 0.15) is 0 Å². The molecule has 0 spiro atoms. The number of carboxylic acids is 1. The molecule has 3 N–H and O–H groups in total. The second-order valence-electron chi connectivity index (χ2n) is 2.82. The normalized spacial score (nSPS) is 10.6. The lowest BCUT2D eigenvalue weighted by Gasteiger charge is -1.98. The second kappa shape index (κ2) is 3.39. The number of halogens is 1. The summed E-state index contributed by atoms with van der Waals surface area (Å²) in [7, 11) is 0. The number of hydrogen-bond acceptors (Lipinski definition) is 3. The van der Waals surface area contributed by atoms with Gasteiger partial charge in [-0.05, 0) is 34.7 Å². The number of nitrogen functional groups attached to an aromatic ring is 1. The molecular formula is C9H6INO2S. The molecule has 2 rings (SSSR count). The highest BCUT2D eigenvalue weighted by Gasteiger charge is 2.11. The summed E-state index contributed by atoms with van der Waals surface area (Å²) in [6.07, 6.45) is 0. The molecule has 3 nitrogen and oxygen atoms in total. The van der Waals surface area contributed by atoms with Crippen LogP contribution in [0.1, 0.15) is 10.4 Å². The lowest BCUT2D eigenvalue weighted by atomic mass is 10.1. The van der Waals surface area contributed by atoms with Crippen molar-refractivity contribution in [2.24, 2.45) is 0 Å². The van der Waals surface area contributed by atoms with E-state index in [9.17, 15) is 4.79 Å². The molecule has 5 heteroatoms. The molecule has 0 aliphatic heterocycles. The summed E-state index contributed by atoms with van der Waals surface area (Å²) in [6.45, 7) is 0. The molecule has 0 fully saturated rings. The summed E-state index contributed by atoms with van der Waals surface area (Å²) in [5.41, 5.74) is 6.67. The zero-order valence-electron chi connectivity index (χ0n) is 6.95. The SMILES string of the molecule is Nc1cc2c(C(=O)O)csc2cc1I. The highest BCUT2D eigenvalue weighted by molar-refractivity contribution is 14.1. The molecule has 0 bridgehead atoms. The first-order chi connectivity index (χ1) is 6.59. The van der Waals surface area contributed by atoms with Gasteiger partial charge in [-0.15, -0.1) is 11.3 Å². The number of carboxylic acid groups (broad SMARTS) is 1. The lowest BCUT2D eigenvalue weighted by Crippen LogP contribution is -1.95. The van der Waals surface area contributed by atoms with Crippen molar-refractivity contribution in [1.82, 2.24) is 0 Å². The number of anilines is 1. The molecule has 72 valence electrons. The first kappa shape index (κ1) is 9.72. The Balaban J connectivity index is 2.80. The van der Waals surface area contributed by atoms with Crippen LogP contribution in [-0.4, -0.2) is 11.1 Å². The van der Waals surface area contributed by atoms with Crippen LogP contribution in [0.3, 0.4) is 0 Å². The van der Waals surface area contributed by atoms with Gasteiger partial charge in [0.2, 0.25) is 0 Å². The van der Waals surface area contributed by atoms with E-state index in [4.69, 9.17) is 10.8 Å². The summed E-state index contributed by atoms with van der Waals surface area (Å²) in [5.74, 6) is -0.906. The summed E-state index contributed by atoms with van der Waals surface area (Å²) in [5, 5.41) is 11.3. The van der Waals surface area contributed by atoms with Crippen molar-refractivity contribution < 1.29 is 9.90 Å². The smallest absolute Gasteiger partial charge is 0.337 e. The van der Waals surface area contributed by atoms with Crippen LogP contribution >= 0.6 is 33.9 Å². The van der Waals surface area contributed by atoms with Gasteiger partial charge < -0.3 is 10.8 Å². The Hall–Kier alpha value is -0.820. The van der Waals surface area contributed by atoms with Gasteiger partial charge in [0, 0.05) is 24.7 Å². The third-order valence-electron chi connectivity index (χ3n) is 1.92. The first-order valence-corrected chi connectivity index (χ1v) is 5.75. The number of benzene rings is 1. The van der Waals surface area contributed by atoms with E-state index in [1.54, 1.807) is 11.4 Å². The van der Waals surface area contributed by atoms with Crippen LogP contribution in [0.5, 0.6) is 0 Å². The largest absolute Gasteiger partial charge is 0.478 e. The van der Waals surface area contributed by atoms with Crippen LogP contribution < -0.4 is 5.73 Å². The number of thiophene rings is 1. The standard InChI is InChI=1S/C9H6INO2S/c10-6-2-8-4(1-7(6)11)5(3-14-8)9(12)13/h1-3H,11H2,(H,12,13). The highest BCUT2D eigenvalue weighted by atomic mass is 127. The van der Waals surface area contributed by atoms with Crippen LogP contribution in [0, 0.1) is 3.57 Å². The minimum atomic E-state index is -0.906. The number of rotatable bonds is 1. The Kier molecular flexibility index (Phi) is 2.36. The van der Waals surface area contributed by atoms with Crippen molar-refractivity contribution in [2.45, 2.75) is 0 Å². The van der Waals surface area contributed by atoms with Crippen molar-refractivity contribution in [3.05, 3.63) is 26.6 Å². The van der Waals surface area contributed by atoms with Crippen LogP contribution in [0.4, 0.5) is 5.69 Å². The Morgan fingerprint density at radius 2 is 2.21 bits per heavy atom. The van der Waals surface area contributed by atoms with E-state index in [1.807, 2.05) is 6.07 Å². The van der Waals surface area contributed by atoms with Gasteiger partial charge in [-0.3, -0.25) is 0 Å². The number of carbonyl (C=O) groups is 1. The second-order valence-corrected chi connectivity index (χ2v) is 4.90. The molecule has 0 atom stereocenters. The minimum absolute atomic E-state index is 0.327. The average molecular weight is 319 g/mol. The number of hydrogen-bond donors (Lipinski definition) is 2. The van der Waals surface area contributed by atoms with Gasteiger partial charge in [0.05, 0.1) is 5.56 Å². The molecule has 1 aromatic carbocycles. The minimum Gasteiger partial charge on any atom is -0.478 e. The third-order valence-corrected chi connectivity index (χ3v) is 3.80. The predicted octanol–water partition coefficient (Wildman–Crippen LogP) is 2.79. The maximum Gasteiger partial charge on any atom is 0.337 e. The molecule has 1 aromatic heterocycles. The first-order valence-electron chi connectivity index (χ1n) is 3.79. The van der Waals surface area contributed by atoms with Gasteiger partial charge in [0.15, 0.2) is 0 Å². The summed E-state index contributed by atoms with van der Waals surface area (Å²) in [4.78, 5) is 10.8. The summed E-state index contributed by atoms with van der Waals surface area (Å²) < 4.78 is 1.91. The molecule has 0 saturated carbocycles. The monoisotopic (exact) mass is 319 g/mol. The van der Waals surface area contributed by atoms with Gasteiger partial charge >= 0.3 is 5.97 Å². The quantitative estimate of drug-likeness (QED) is 0.627. The van der Waals surface area contributed by atoms with Gasteiger partial charge in [0.25, 0.3) is 0 Å². The molecule has 0 amide bonds. The van der Waals surface area contributed by atoms with Gasteiger partial charge in [-0.2, -0.15) is 0 Å². The summed E-state index contributed by atoms with van der Waals surface area (Å²) >= 11 is 3.56. The average Bonchev–Trinajstić information content (AvgIpc) is 2.48. The van der Waals surface area contributed by atoms with Crippen molar-refractivity contribution >= 4 is 55.7 Å². The van der Waals surface area contributed by atoms with Crippen molar-refractivity contribution in [2.75, 3.05) is 5.73 Å². The van der Waals surface area contributed by atoms with E-state index < -0.39 is 5.97 Å². The van der Waals surface area contributed by atoms with Gasteiger partial charge in [-0.1, -0.05) is 0 Å². The fourth-order valence-corrected chi connectivity index (χ4v) is 2.86. The molecule has 0 saturated heterocycles. The molecule has 0 unspecified atom stereocenters. The van der Waals surface area contributed by atoms with E-state index in [1.165, 1.54) is 11.3 Å². The Morgan fingerprint density at radius 3 is 2.86 bits per heavy atom. The molecule has 0 aliphatic carbocycles. The third kappa shape index (κ3) is 1.46. The number of fused-ring (bicyclic) bond motifs is 1. The topological polar surface area (TPSA) is 63.3 Å². The molecule has 0 radical (unpaired) electrons. The molecular weight excluding hydrogens is 313 g/mol. The number of aromatic carboxylic acids is 1. The molecule has 2 aromatic rings. The fraction of sp³-hybridized carbons (Fsp3) is 0. The summed E-state index contributed by atoms with van der Waals surface area (Å²) in [6, 6.07) is 3.62.